The van der Waals surface area contributed by atoms with Crippen molar-refractivity contribution in [3.05, 3.63) is 30.2 Å². The zero-order chi connectivity index (χ0) is 11.8. The second kappa shape index (κ2) is 6.44. The number of ether oxygens (including phenoxy) is 1. The second-order valence-electron chi connectivity index (χ2n) is 2.93. The standard InChI is InChI=1S/C11H14N2O3/c1-3-15-11(14)13-12-9(2)6-7-10-5-4-8-16-10/h4-8H,3H2,1-2H3,(H,13,14). The molecule has 0 unspecified atom stereocenters. The van der Waals surface area contributed by atoms with Crippen LogP contribution in [0.2, 0.25) is 0 Å². The van der Waals surface area contributed by atoms with Crippen molar-refractivity contribution in [2.75, 3.05) is 6.61 Å². The number of allylic oxidation sites excluding steroid dienone is 1. The second-order valence-corrected chi connectivity index (χ2v) is 2.93. The first-order chi connectivity index (χ1) is 7.72. The predicted octanol–water partition coefficient (Wildman–Crippen LogP) is 2.41. The first kappa shape index (κ1) is 12.0. The minimum atomic E-state index is -0.562. The van der Waals surface area contributed by atoms with Gasteiger partial charge in [-0.05, 0) is 38.1 Å². The molecule has 0 bridgehead atoms. The van der Waals surface area contributed by atoms with Gasteiger partial charge in [0.2, 0.25) is 0 Å². The summed E-state index contributed by atoms with van der Waals surface area (Å²) in [5.74, 6) is 0.727. The fraction of sp³-hybridized carbons (Fsp3) is 0.273. The molecule has 1 amide bonds. The van der Waals surface area contributed by atoms with E-state index >= 15 is 0 Å². The maximum Gasteiger partial charge on any atom is 0.427 e. The molecule has 0 spiro atoms. The summed E-state index contributed by atoms with van der Waals surface area (Å²) in [5.41, 5.74) is 2.90. The minimum Gasteiger partial charge on any atom is -0.465 e. The third-order valence-corrected chi connectivity index (χ3v) is 1.63. The van der Waals surface area contributed by atoms with Crippen LogP contribution < -0.4 is 5.43 Å². The van der Waals surface area contributed by atoms with E-state index < -0.39 is 6.09 Å². The molecule has 0 atom stereocenters. The van der Waals surface area contributed by atoms with Crippen molar-refractivity contribution in [3.8, 4) is 0 Å². The van der Waals surface area contributed by atoms with Crippen LogP contribution in [0.5, 0.6) is 0 Å². The van der Waals surface area contributed by atoms with E-state index in [-0.39, 0.29) is 0 Å². The Morgan fingerprint density at radius 3 is 3.12 bits per heavy atom. The number of nitrogens with one attached hydrogen (secondary N) is 1. The van der Waals surface area contributed by atoms with E-state index in [1.54, 1.807) is 38.3 Å². The Hall–Kier alpha value is -2.04. The first-order valence-corrected chi connectivity index (χ1v) is 4.91. The van der Waals surface area contributed by atoms with Crippen molar-refractivity contribution in [3.63, 3.8) is 0 Å². The Morgan fingerprint density at radius 1 is 1.69 bits per heavy atom. The van der Waals surface area contributed by atoms with Crippen LogP contribution in [0.1, 0.15) is 19.6 Å². The first-order valence-electron chi connectivity index (χ1n) is 4.91. The molecular weight excluding hydrogens is 208 g/mol. The van der Waals surface area contributed by atoms with Crippen molar-refractivity contribution in [1.29, 1.82) is 0 Å². The highest BCUT2D eigenvalue weighted by atomic mass is 16.5. The van der Waals surface area contributed by atoms with E-state index in [4.69, 9.17) is 4.42 Å². The van der Waals surface area contributed by atoms with E-state index in [9.17, 15) is 4.79 Å². The van der Waals surface area contributed by atoms with Crippen LogP contribution in [0, 0.1) is 0 Å². The molecule has 0 aromatic carbocycles. The number of hydrogen-bond donors (Lipinski definition) is 1. The molecule has 0 aliphatic carbocycles. The monoisotopic (exact) mass is 222 g/mol. The molecule has 1 aromatic rings. The molecule has 86 valence electrons. The number of amides is 1. The minimum absolute atomic E-state index is 0.322. The van der Waals surface area contributed by atoms with E-state index in [1.165, 1.54) is 0 Å². The van der Waals surface area contributed by atoms with Crippen LogP contribution in [0.4, 0.5) is 4.79 Å². The summed E-state index contributed by atoms with van der Waals surface area (Å²) in [5, 5.41) is 3.81. The van der Waals surface area contributed by atoms with Gasteiger partial charge in [0.05, 0.1) is 18.6 Å². The number of carbonyl (C=O) groups excluding carboxylic acids is 1. The van der Waals surface area contributed by atoms with E-state index in [2.05, 4.69) is 15.3 Å². The average molecular weight is 222 g/mol. The van der Waals surface area contributed by atoms with E-state index in [0.29, 0.717) is 12.3 Å². The van der Waals surface area contributed by atoms with Gasteiger partial charge in [-0.1, -0.05) is 0 Å². The van der Waals surface area contributed by atoms with Gasteiger partial charge in [0.15, 0.2) is 0 Å². The van der Waals surface area contributed by atoms with Gasteiger partial charge in [-0.25, -0.2) is 10.2 Å². The highest BCUT2D eigenvalue weighted by Crippen LogP contribution is 2.02. The largest absolute Gasteiger partial charge is 0.465 e. The smallest absolute Gasteiger partial charge is 0.427 e. The lowest BCUT2D eigenvalue weighted by molar-refractivity contribution is 0.152. The molecule has 5 heteroatoms. The van der Waals surface area contributed by atoms with Crippen molar-refractivity contribution < 1.29 is 13.9 Å². The van der Waals surface area contributed by atoms with Gasteiger partial charge < -0.3 is 9.15 Å². The van der Waals surface area contributed by atoms with Crippen LogP contribution in [-0.2, 0) is 4.74 Å². The number of hydrazone groups is 1. The molecule has 16 heavy (non-hydrogen) atoms. The summed E-state index contributed by atoms with van der Waals surface area (Å²) in [6, 6.07) is 3.62. The molecule has 0 radical (unpaired) electrons. The molecule has 0 saturated heterocycles. The highest BCUT2D eigenvalue weighted by Gasteiger charge is 1.96. The van der Waals surface area contributed by atoms with Gasteiger partial charge in [0.25, 0.3) is 0 Å². The Balaban J connectivity index is 2.42. The zero-order valence-corrected chi connectivity index (χ0v) is 9.27. The molecule has 1 rings (SSSR count). The molecule has 1 heterocycles. The molecule has 0 aliphatic heterocycles. The Kier molecular flexibility index (Phi) is 4.85. The number of hydrogen-bond acceptors (Lipinski definition) is 4. The summed E-state index contributed by atoms with van der Waals surface area (Å²) in [4.78, 5) is 10.9. The van der Waals surface area contributed by atoms with Crippen molar-refractivity contribution >= 4 is 17.9 Å². The van der Waals surface area contributed by atoms with Crippen molar-refractivity contribution in [1.82, 2.24) is 5.43 Å². The molecule has 1 aromatic heterocycles. The quantitative estimate of drug-likeness (QED) is 0.628. The summed E-state index contributed by atoms with van der Waals surface area (Å²) in [6.45, 7) is 3.81. The predicted molar refractivity (Wildman–Crippen MR) is 61.0 cm³/mol. The zero-order valence-electron chi connectivity index (χ0n) is 9.27. The van der Waals surface area contributed by atoms with Crippen LogP contribution in [-0.4, -0.2) is 18.4 Å². The van der Waals surface area contributed by atoms with Crippen molar-refractivity contribution in [2.45, 2.75) is 13.8 Å². The molecule has 0 fully saturated rings. The van der Waals surface area contributed by atoms with Crippen molar-refractivity contribution in [2.24, 2.45) is 5.10 Å². The number of rotatable bonds is 4. The molecular formula is C11H14N2O3. The third kappa shape index (κ3) is 4.45. The van der Waals surface area contributed by atoms with Gasteiger partial charge in [0.1, 0.15) is 5.76 Å². The number of carbonyl (C=O) groups is 1. The lowest BCUT2D eigenvalue weighted by Crippen LogP contribution is -2.19. The Labute approximate surface area is 93.8 Å². The van der Waals surface area contributed by atoms with E-state index in [1.807, 2.05) is 6.07 Å². The Bertz CT molecular complexity index is 380. The fourth-order valence-electron chi connectivity index (χ4n) is 0.923. The normalized spacial score (nSPS) is 11.8. The number of furan rings is 1. The maximum atomic E-state index is 10.9. The molecule has 0 aliphatic rings. The van der Waals surface area contributed by atoms with Crippen LogP contribution in [0.25, 0.3) is 6.08 Å². The van der Waals surface area contributed by atoms with Gasteiger partial charge in [-0.15, -0.1) is 0 Å². The SMILES string of the molecule is CCOC(=O)NN=C(C)C=Cc1ccco1. The van der Waals surface area contributed by atoms with E-state index in [0.717, 1.165) is 5.76 Å². The van der Waals surface area contributed by atoms with Crippen LogP contribution in [0.15, 0.2) is 34.0 Å². The van der Waals surface area contributed by atoms with Gasteiger partial charge >= 0.3 is 6.09 Å². The number of nitrogens with zero attached hydrogens (tertiary/aromatic N) is 1. The van der Waals surface area contributed by atoms with Gasteiger partial charge in [-0.3, -0.25) is 0 Å². The average Bonchev–Trinajstić information content (AvgIpc) is 2.77. The van der Waals surface area contributed by atoms with Gasteiger partial charge in [0, 0.05) is 0 Å². The lowest BCUT2D eigenvalue weighted by Gasteiger charge is -1.99. The summed E-state index contributed by atoms with van der Waals surface area (Å²) >= 11 is 0. The highest BCUT2D eigenvalue weighted by molar-refractivity contribution is 5.96. The Morgan fingerprint density at radius 2 is 2.50 bits per heavy atom. The summed E-state index contributed by atoms with van der Waals surface area (Å²) in [6.07, 6.45) is 4.51. The van der Waals surface area contributed by atoms with Crippen LogP contribution >= 0.6 is 0 Å². The molecule has 1 N–H and O–H groups in total. The topological polar surface area (TPSA) is 63.8 Å². The lowest BCUT2D eigenvalue weighted by atomic mass is 10.3. The maximum absolute atomic E-state index is 10.9. The fourth-order valence-corrected chi connectivity index (χ4v) is 0.923. The summed E-state index contributed by atoms with van der Waals surface area (Å²) < 4.78 is 9.74. The third-order valence-electron chi connectivity index (χ3n) is 1.63. The van der Waals surface area contributed by atoms with Gasteiger partial charge in [-0.2, -0.15) is 5.10 Å². The summed E-state index contributed by atoms with van der Waals surface area (Å²) in [7, 11) is 0. The molecule has 5 nitrogen and oxygen atoms in total. The van der Waals surface area contributed by atoms with Crippen LogP contribution in [0.3, 0.4) is 0 Å². The molecule has 0 saturated carbocycles.